The minimum absolute atomic E-state index is 0. The van der Waals surface area contributed by atoms with Crippen LogP contribution in [0.1, 0.15) is 29.5 Å². The molecule has 2 aromatic carbocycles. The molecular formula is C25H36IN3O4. The molecule has 1 aliphatic carbocycles. The maximum absolute atomic E-state index is 6.08. The van der Waals surface area contributed by atoms with Gasteiger partial charge in [-0.05, 0) is 49.8 Å². The molecular weight excluding hydrogens is 533 g/mol. The Hall–Kier alpha value is -2.36. The molecule has 2 N–H and O–H groups in total. The highest BCUT2D eigenvalue weighted by Gasteiger charge is 2.22. The Morgan fingerprint density at radius 1 is 0.939 bits per heavy atom. The van der Waals surface area contributed by atoms with Crippen molar-refractivity contribution in [1.29, 1.82) is 0 Å². The van der Waals surface area contributed by atoms with E-state index in [9.17, 15) is 0 Å². The first-order chi connectivity index (χ1) is 15.6. The number of guanidine groups is 1. The van der Waals surface area contributed by atoms with Crippen LogP contribution in [0, 0.1) is 12.8 Å². The van der Waals surface area contributed by atoms with Gasteiger partial charge in [0, 0.05) is 31.3 Å². The molecule has 8 heteroatoms. The van der Waals surface area contributed by atoms with Gasteiger partial charge in [0.1, 0.15) is 5.75 Å². The first-order valence-corrected chi connectivity index (χ1v) is 11.0. The molecule has 33 heavy (non-hydrogen) atoms. The predicted octanol–water partition coefficient (Wildman–Crippen LogP) is 4.34. The van der Waals surface area contributed by atoms with Crippen LogP contribution in [0.3, 0.4) is 0 Å². The molecule has 0 aromatic heterocycles. The van der Waals surface area contributed by atoms with E-state index in [1.165, 1.54) is 18.4 Å². The van der Waals surface area contributed by atoms with Gasteiger partial charge in [0.2, 0.25) is 5.75 Å². The summed E-state index contributed by atoms with van der Waals surface area (Å²) in [6, 6.07) is 10.2. The molecule has 3 rings (SSSR count). The number of nitrogens with zero attached hydrogens (tertiary/aromatic N) is 1. The first kappa shape index (κ1) is 26.9. The van der Waals surface area contributed by atoms with Crippen LogP contribution in [-0.2, 0) is 13.0 Å². The van der Waals surface area contributed by atoms with Gasteiger partial charge in [-0.3, -0.25) is 4.99 Å². The monoisotopic (exact) mass is 569 g/mol. The summed E-state index contributed by atoms with van der Waals surface area (Å²) in [6.07, 6.45) is 3.30. The third kappa shape index (κ3) is 7.58. The molecule has 0 radical (unpaired) electrons. The average molecular weight is 569 g/mol. The number of methoxy groups -OCH3 is 3. The summed E-state index contributed by atoms with van der Waals surface area (Å²) in [5, 5.41) is 6.75. The highest BCUT2D eigenvalue weighted by molar-refractivity contribution is 14.0. The minimum Gasteiger partial charge on any atom is -0.493 e. The normalized spacial score (nSPS) is 13.1. The van der Waals surface area contributed by atoms with E-state index in [-0.39, 0.29) is 24.0 Å². The molecule has 0 saturated heterocycles. The molecule has 0 bridgehead atoms. The highest BCUT2D eigenvalue weighted by atomic mass is 127. The number of rotatable bonds is 11. The quantitative estimate of drug-likeness (QED) is 0.239. The van der Waals surface area contributed by atoms with Crippen molar-refractivity contribution in [3.05, 3.63) is 47.0 Å². The Labute approximate surface area is 214 Å². The number of halogens is 1. The van der Waals surface area contributed by atoms with Crippen molar-refractivity contribution >= 4 is 29.9 Å². The second kappa shape index (κ2) is 13.4. The third-order valence-electron chi connectivity index (χ3n) is 5.54. The molecule has 182 valence electrons. The van der Waals surface area contributed by atoms with E-state index in [1.54, 1.807) is 28.4 Å². The van der Waals surface area contributed by atoms with Crippen LogP contribution in [0.25, 0.3) is 0 Å². The van der Waals surface area contributed by atoms with Gasteiger partial charge in [0.05, 0.1) is 27.9 Å². The van der Waals surface area contributed by atoms with Crippen LogP contribution < -0.4 is 29.6 Å². The van der Waals surface area contributed by atoms with E-state index in [0.29, 0.717) is 30.3 Å². The van der Waals surface area contributed by atoms with E-state index in [0.717, 1.165) is 41.8 Å². The molecule has 1 fully saturated rings. The average Bonchev–Trinajstić information content (AvgIpc) is 3.64. The van der Waals surface area contributed by atoms with E-state index in [4.69, 9.17) is 18.9 Å². The fraction of sp³-hybridized carbons (Fsp3) is 0.480. The molecule has 0 spiro atoms. The minimum atomic E-state index is 0. The number of ether oxygens (including phenoxy) is 4. The second-order valence-electron chi connectivity index (χ2n) is 7.96. The van der Waals surface area contributed by atoms with Gasteiger partial charge in [-0.25, -0.2) is 0 Å². The van der Waals surface area contributed by atoms with E-state index >= 15 is 0 Å². The molecule has 7 nitrogen and oxygen atoms in total. The van der Waals surface area contributed by atoms with Crippen molar-refractivity contribution in [3.8, 4) is 23.0 Å². The van der Waals surface area contributed by atoms with Gasteiger partial charge in [-0.1, -0.05) is 18.2 Å². The molecule has 0 aliphatic heterocycles. The first-order valence-electron chi connectivity index (χ1n) is 11.0. The molecule has 0 heterocycles. The van der Waals surface area contributed by atoms with Crippen molar-refractivity contribution in [2.24, 2.45) is 10.9 Å². The molecule has 0 amide bonds. The third-order valence-corrected chi connectivity index (χ3v) is 5.54. The molecule has 0 unspecified atom stereocenters. The maximum atomic E-state index is 6.08. The van der Waals surface area contributed by atoms with Crippen LogP contribution in [0.15, 0.2) is 35.3 Å². The summed E-state index contributed by atoms with van der Waals surface area (Å²) in [5.41, 5.74) is 3.36. The lowest BCUT2D eigenvalue weighted by Gasteiger charge is -2.17. The number of nitrogens with one attached hydrogen (secondary N) is 2. The predicted molar refractivity (Wildman–Crippen MR) is 143 cm³/mol. The van der Waals surface area contributed by atoms with E-state index in [2.05, 4.69) is 40.7 Å². The zero-order valence-electron chi connectivity index (χ0n) is 20.2. The van der Waals surface area contributed by atoms with Gasteiger partial charge >= 0.3 is 0 Å². The summed E-state index contributed by atoms with van der Waals surface area (Å²) >= 11 is 0. The van der Waals surface area contributed by atoms with Crippen molar-refractivity contribution < 1.29 is 18.9 Å². The summed E-state index contributed by atoms with van der Waals surface area (Å²) in [7, 11) is 6.64. The second-order valence-corrected chi connectivity index (χ2v) is 7.96. The van der Waals surface area contributed by atoms with Gasteiger partial charge in [0.15, 0.2) is 17.5 Å². The Morgan fingerprint density at radius 2 is 1.67 bits per heavy atom. The molecule has 2 aromatic rings. The van der Waals surface area contributed by atoms with Crippen LogP contribution in [-0.4, -0.2) is 47.5 Å². The number of benzene rings is 2. The summed E-state index contributed by atoms with van der Waals surface area (Å²) < 4.78 is 22.5. The van der Waals surface area contributed by atoms with Gasteiger partial charge in [-0.15, -0.1) is 24.0 Å². The topological polar surface area (TPSA) is 73.3 Å². The lowest BCUT2D eigenvalue weighted by Crippen LogP contribution is -2.38. The summed E-state index contributed by atoms with van der Waals surface area (Å²) in [5.74, 6) is 4.35. The fourth-order valence-electron chi connectivity index (χ4n) is 3.51. The zero-order valence-corrected chi connectivity index (χ0v) is 22.5. The molecule has 0 atom stereocenters. The Balaban J connectivity index is 0.00000385. The van der Waals surface area contributed by atoms with Crippen LogP contribution in [0.4, 0.5) is 0 Å². The fourth-order valence-corrected chi connectivity index (χ4v) is 3.51. The van der Waals surface area contributed by atoms with Crippen LogP contribution in [0.2, 0.25) is 0 Å². The van der Waals surface area contributed by atoms with E-state index in [1.807, 2.05) is 12.1 Å². The zero-order chi connectivity index (χ0) is 22.9. The highest BCUT2D eigenvalue weighted by Crippen LogP contribution is 2.39. The van der Waals surface area contributed by atoms with Crippen LogP contribution in [0.5, 0.6) is 23.0 Å². The Bertz CT molecular complexity index is 932. The molecule has 1 aliphatic rings. The standard InChI is InChI=1S/C25H35N3O4.HI/c1-17-6-9-20(22(14-17)32-16-18-7-8-18)15-28-25(26-2)27-13-12-19-10-11-21(29-3)24(31-5)23(19)30-4;/h6,9-11,14,18H,7-8,12-13,15-16H2,1-5H3,(H2,26,27,28);1H. The number of aliphatic imine (C=N–C) groups is 1. The van der Waals surface area contributed by atoms with Crippen molar-refractivity contribution in [2.75, 3.05) is 41.5 Å². The van der Waals surface area contributed by atoms with Crippen LogP contribution >= 0.6 is 24.0 Å². The summed E-state index contributed by atoms with van der Waals surface area (Å²) in [6.45, 7) is 4.21. The smallest absolute Gasteiger partial charge is 0.203 e. The van der Waals surface area contributed by atoms with Gasteiger partial charge in [0.25, 0.3) is 0 Å². The van der Waals surface area contributed by atoms with E-state index < -0.39 is 0 Å². The Kier molecular flexibility index (Phi) is 10.9. The largest absolute Gasteiger partial charge is 0.493 e. The SMILES string of the molecule is CN=C(NCCc1ccc(OC)c(OC)c1OC)NCc1ccc(C)cc1OCC1CC1.I. The Morgan fingerprint density at radius 3 is 2.30 bits per heavy atom. The lowest BCUT2D eigenvalue weighted by atomic mass is 10.1. The lowest BCUT2D eigenvalue weighted by molar-refractivity contribution is 0.296. The number of hydrogen-bond acceptors (Lipinski definition) is 5. The number of aryl methyl sites for hydroxylation is 1. The van der Waals surface area contributed by atoms with Crippen molar-refractivity contribution in [2.45, 2.75) is 32.7 Å². The van der Waals surface area contributed by atoms with Gasteiger partial charge in [-0.2, -0.15) is 0 Å². The molecule has 1 saturated carbocycles. The van der Waals surface area contributed by atoms with Crippen molar-refractivity contribution in [3.63, 3.8) is 0 Å². The maximum Gasteiger partial charge on any atom is 0.203 e. The van der Waals surface area contributed by atoms with Crippen molar-refractivity contribution in [1.82, 2.24) is 10.6 Å². The summed E-state index contributed by atoms with van der Waals surface area (Å²) in [4.78, 5) is 4.35. The van der Waals surface area contributed by atoms with Gasteiger partial charge < -0.3 is 29.6 Å². The number of hydrogen-bond donors (Lipinski definition) is 2.